The number of rotatable bonds is 8. The van der Waals surface area contributed by atoms with Gasteiger partial charge in [-0.2, -0.15) is 0 Å². The summed E-state index contributed by atoms with van der Waals surface area (Å²) in [5.41, 5.74) is 0.616. The first-order chi connectivity index (χ1) is 17.7. The largest absolute Gasteiger partial charge is 0.497 e. The number of hydrogen-bond acceptors (Lipinski definition) is 7. The van der Waals surface area contributed by atoms with Gasteiger partial charge in [0.2, 0.25) is 0 Å². The average Bonchev–Trinajstić information content (AvgIpc) is 3.32. The molecule has 2 aliphatic heterocycles. The second kappa shape index (κ2) is 10.4. The van der Waals surface area contributed by atoms with Crippen LogP contribution >= 0.6 is 0 Å². The van der Waals surface area contributed by atoms with Crippen LogP contribution in [0.2, 0.25) is 18.1 Å². The Labute approximate surface area is 225 Å². The second-order valence-electron chi connectivity index (χ2n) is 12.1. The van der Waals surface area contributed by atoms with Crippen LogP contribution < -0.4 is 16.0 Å². The van der Waals surface area contributed by atoms with Gasteiger partial charge in [-0.05, 0) is 56.1 Å². The van der Waals surface area contributed by atoms with Gasteiger partial charge in [-0.3, -0.25) is 13.9 Å². The van der Waals surface area contributed by atoms with E-state index in [1.165, 1.54) is 10.6 Å². The Kier molecular flexibility index (Phi) is 7.86. The summed E-state index contributed by atoms with van der Waals surface area (Å²) >= 11 is 0. The Bertz CT molecular complexity index is 1260. The van der Waals surface area contributed by atoms with E-state index in [0.29, 0.717) is 24.5 Å². The molecule has 10 heteroatoms. The predicted octanol–water partition coefficient (Wildman–Crippen LogP) is 4.07. The molecule has 0 unspecified atom stereocenters. The van der Waals surface area contributed by atoms with Gasteiger partial charge in [0.25, 0.3) is 5.56 Å². The lowest BCUT2D eigenvalue weighted by Crippen LogP contribution is -2.45. The van der Waals surface area contributed by atoms with E-state index in [1.54, 1.807) is 11.7 Å². The van der Waals surface area contributed by atoms with Crippen molar-refractivity contribution >= 4 is 8.32 Å². The van der Waals surface area contributed by atoms with Gasteiger partial charge in [0.15, 0.2) is 20.3 Å². The van der Waals surface area contributed by atoms with E-state index in [0.717, 1.165) is 5.56 Å². The van der Waals surface area contributed by atoms with E-state index < -0.39 is 44.3 Å². The summed E-state index contributed by atoms with van der Waals surface area (Å²) in [7, 11) is -0.454. The van der Waals surface area contributed by atoms with E-state index in [2.05, 4.69) is 33.9 Å². The van der Waals surface area contributed by atoms with Crippen molar-refractivity contribution < 1.29 is 23.4 Å². The Morgan fingerprint density at radius 3 is 2.26 bits per heavy atom. The summed E-state index contributed by atoms with van der Waals surface area (Å²) in [5.74, 6) is -0.127. The van der Waals surface area contributed by atoms with Gasteiger partial charge in [-0.1, -0.05) is 39.8 Å². The van der Waals surface area contributed by atoms with Crippen LogP contribution in [-0.4, -0.2) is 55.3 Å². The number of methoxy groups -OCH3 is 1. The molecule has 0 radical (unpaired) electrons. The zero-order chi connectivity index (χ0) is 28.0. The van der Waals surface area contributed by atoms with Gasteiger partial charge in [0.05, 0.1) is 20.3 Å². The number of nitrogens with zero attached hydrogens (tertiary/aromatic N) is 2. The molecule has 4 atom stereocenters. The van der Waals surface area contributed by atoms with E-state index in [-0.39, 0.29) is 17.1 Å². The van der Waals surface area contributed by atoms with E-state index in [4.69, 9.17) is 23.4 Å². The highest BCUT2D eigenvalue weighted by Crippen LogP contribution is 2.44. The molecule has 0 bridgehead atoms. The number of ether oxygens (including phenoxy) is 4. The highest BCUT2D eigenvalue weighted by atomic mass is 28.4. The summed E-state index contributed by atoms with van der Waals surface area (Å²) in [6, 6.07) is 8.82. The second-order valence-corrected chi connectivity index (χ2v) is 16.9. The molecule has 2 aliphatic rings. The maximum Gasteiger partial charge on any atom is 0.333 e. The maximum atomic E-state index is 13.9. The third kappa shape index (κ3) is 5.55. The molecule has 210 valence electrons. The molecule has 2 saturated heterocycles. The molecule has 2 aromatic rings. The van der Waals surface area contributed by atoms with Crippen LogP contribution in [0.15, 0.2) is 39.9 Å². The average molecular weight is 547 g/mol. The lowest BCUT2D eigenvalue weighted by atomic mass is 10.1. The monoisotopic (exact) mass is 546 g/mol. The molecule has 38 heavy (non-hydrogen) atoms. The summed E-state index contributed by atoms with van der Waals surface area (Å²) < 4.78 is 33.6. The van der Waals surface area contributed by atoms with Crippen molar-refractivity contribution in [2.45, 2.75) is 103 Å². The fraction of sp³-hybridized carbons (Fsp3) is 0.643. The van der Waals surface area contributed by atoms with Gasteiger partial charge in [-0.25, -0.2) is 4.79 Å². The minimum Gasteiger partial charge on any atom is -0.497 e. The van der Waals surface area contributed by atoms with Crippen LogP contribution in [0.5, 0.6) is 5.75 Å². The molecule has 2 fully saturated rings. The molecule has 3 heterocycles. The smallest absolute Gasteiger partial charge is 0.333 e. The summed E-state index contributed by atoms with van der Waals surface area (Å²) in [6.45, 7) is 17.1. The standard InChI is InChI=1S/C28H42N2O7Si/c1-10-19-15-22(31)29(16-18-11-13-20(33-7)14-12-18)26(32)30(19)25-24-23(36-28(5,6)37-24)21(35-25)17-34-38(8,9)27(2,3)4/h11-15,21,23-25H,10,16-17H2,1-9H3/t21-,23-,24-,25-/m1/s1. The molecular formula is C28H42N2O7Si. The van der Waals surface area contributed by atoms with Gasteiger partial charge in [0, 0.05) is 11.8 Å². The van der Waals surface area contributed by atoms with Crippen LogP contribution in [0.25, 0.3) is 0 Å². The molecule has 0 N–H and O–H groups in total. The summed E-state index contributed by atoms with van der Waals surface area (Å²) in [6.07, 6.45) is -1.61. The minimum absolute atomic E-state index is 0.0417. The molecule has 0 spiro atoms. The van der Waals surface area contributed by atoms with Gasteiger partial charge < -0.3 is 23.4 Å². The Hall–Kier alpha value is -2.24. The molecule has 0 amide bonds. The van der Waals surface area contributed by atoms with E-state index in [1.807, 2.05) is 45.0 Å². The van der Waals surface area contributed by atoms with Crippen molar-refractivity contribution in [2.24, 2.45) is 0 Å². The fourth-order valence-corrected chi connectivity index (χ4v) is 5.76. The SMILES string of the molecule is CCc1cc(=O)n(Cc2ccc(OC)cc2)c(=O)n1[C@@H]1O[C@H](CO[Si](C)(C)C(C)(C)C)[C@H]2OC(C)(C)O[C@H]21. The first-order valence-electron chi connectivity index (χ1n) is 13.3. The zero-order valence-corrected chi connectivity index (χ0v) is 25.1. The molecular weight excluding hydrogens is 504 g/mol. The predicted molar refractivity (Wildman–Crippen MR) is 147 cm³/mol. The van der Waals surface area contributed by atoms with Crippen molar-refractivity contribution in [2.75, 3.05) is 13.7 Å². The van der Waals surface area contributed by atoms with Crippen molar-refractivity contribution in [3.05, 3.63) is 62.4 Å². The van der Waals surface area contributed by atoms with E-state index >= 15 is 0 Å². The molecule has 9 nitrogen and oxygen atoms in total. The lowest BCUT2D eigenvalue weighted by molar-refractivity contribution is -0.200. The Morgan fingerprint density at radius 2 is 1.68 bits per heavy atom. The topological polar surface area (TPSA) is 90.2 Å². The fourth-order valence-electron chi connectivity index (χ4n) is 4.75. The number of aromatic nitrogens is 2. The van der Waals surface area contributed by atoms with Crippen molar-refractivity contribution in [3.8, 4) is 5.75 Å². The number of benzene rings is 1. The molecule has 1 aromatic carbocycles. The molecule has 1 aromatic heterocycles. The van der Waals surface area contributed by atoms with Gasteiger partial charge in [-0.15, -0.1) is 0 Å². The summed E-state index contributed by atoms with van der Waals surface area (Å²) in [4.78, 5) is 26.9. The first-order valence-corrected chi connectivity index (χ1v) is 16.2. The zero-order valence-electron chi connectivity index (χ0n) is 24.1. The Morgan fingerprint density at radius 1 is 1.05 bits per heavy atom. The van der Waals surface area contributed by atoms with Crippen LogP contribution in [0, 0.1) is 0 Å². The quantitative estimate of drug-likeness (QED) is 0.461. The van der Waals surface area contributed by atoms with Crippen LogP contribution in [0.4, 0.5) is 0 Å². The third-order valence-electron chi connectivity index (χ3n) is 7.96. The van der Waals surface area contributed by atoms with E-state index in [9.17, 15) is 9.59 Å². The number of hydrogen-bond donors (Lipinski definition) is 0. The first kappa shape index (κ1) is 28.8. The lowest BCUT2D eigenvalue weighted by Gasteiger charge is -2.37. The Balaban J connectivity index is 1.70. The third-order valence-corrected chi connectivity index (χ3v) is 12.5. The van der Waals surface area contributed by atoms with Crippen LogP contribution in [0.1, 0.15) is 59.0 Å². The molecule has 0 saturated carbocycles. The van der Waals surface area contributed by atoms with Gasteiger partial charge in [0.1, 0.15) is 24.1 Å². The van der Waals surface area contributed by atoms with Crippen LogP contribution in [-0.2, 0) is 31.6 Å². The maximum absolute atomic E-state index is 13.9. The number of aryl methyl sites for hydroxylation is 1. The normalized spacial score (nSPS) is 25.0. The van der Waals surface area contributed by atoms with Gasteiger partial charge >= 0.3 is 5.69 Å². The van der Waals surface area contributed by atoms with Crippen molar-refractivity contribution in [1.82, 2.24) is 9.13 Å². The van der Waals surface area contributed by atoms with Crippen molar-refractivity contribution in [1.29, 1.82) is 0 Å². The highest BCUT2D eigenvalue weighted by Gasteiger charge is 2.57. The molecule has 0 aliphatic carbocycles. The highest BCUT2D eigenvalue weighted by molar-refractivity contribution is 6.74. The van der Waals surface area contributed by atoms with Crippen LogP contribution in [0.3, 0.4) is 0 Å². The molecule has 4 rings (SSSR count). The minimum atomic E-state index is -2.05. The summed E-state index contributed by atoms with van der Waals surface area (Å²) in [5, 5.41) is 0.0417. The number of fused-ring (bicyclic) bond motifs is 1. The van der Waals surface area contributed by atoms with Crippen molar-refractivity contribution in [3.63, 3.8) is 0 Å².